The van der Waals surface area contributed by atoms with Crippen molar-refractivity contribution in [3.63, 3.8) is 0 Å². The van der Waals surface area contributed by atoms with Gasteiger partial charge < -0.3 is 5.11 Å². The summed E-state index contributed by atoms with van der Waals surface area (Å²) in [5.41, 5.74) is 0.700. The zero-order chi connectivity index (χ0) is 16.2. The Balaban J connectivity index is 2.90. The maximum absolute atomic E-state index is 13.4. The molecule has 0 saturated carbocycles. The highest BCUT2D eigenvalue weighted by Gasteiger charge is 2.28. The first-order valence-corrected chi connectivity index (χ1v) is 8.29. The van der Waals surface area contributed by atoms with Gasteiger partial charge in [-0.3, -0.25) is 4.79 Å². The number of carboxylic acid groups (broad SMARTS) is 1. The van der Waals surface area contributed by atoms with E-state index in [4.69, 9.17) is 5.11 Å². The van der Waals surface area contributed by atoms with E-state index in [1.165, 1.54) is 12.1 Å². The van der Waals surface area contributed by atoms with E-state index in [0.717, 1.165) is 6.07 Å². The molecular weight excluding hydrogens is 297 g/mol. The van der Waals surface area contributed by atoms with Gasteiger partial charge in [0.15, 0.2) is 0 Å². The van der Waals surface area contributed by atoms with Crippen LogP contribution in [0.15, 0.2) is 18.2 Å². The van der Waals surface area contributed by atoms with Gasteiger partial charge in [0, 0.05) is 0 Å². The molecule has 0 aliphatic carbocycles. The molecule has 0 saturated heterocycles. The van der Waals surface area contributed by atoms with Crippen molar-refractivity contribution in [3.8, 4) is 0 Å². The smallest absolute Gasteiger partial charge is 0.322 e. The normalized spacial score (nSPS) is 14.7. The molecule has 0 spiro atoms. The van der Waals surface area contributed by atoms with Crippen LogP contribution in [0, 0.1) is 18.7 Å². The summed E-state index contributed by atoms with van der Waals surface area (Å²) >= 11 is 0. The Morgan fingerprint density at radius 1 is 1.43 bits per heavy atom. The largest absolute Gasteiger partial charge is 0.480 e. The lowest BCUT2D eigenvalue weighted by Gasteiger charge is -2.20. The van der Waals surface area contributed by atoms with Gasteiger partial charge in [-0.1, -0.05) is 32.4 Å². The lowest BCUT2D eigenvalue weighted by atomic mass is 10.0. The Kier molecular flexibility index (Phi) is 5.86. The number of hydrogen-bond acceptors (Lipinski definition) is 3. The fourth-order valence-electron chi connectivity index (χ4n) is 1.83. The third-order valence-electron chi connectivity index (χ3n) is 3.38. The monoisotopic (exact) mass is 317 g/mol. The number of hydrogen-bond donors (Lipinski definition) is 2. The van der Waals surface area contributed by atoms with Gasteiger partial charge in [-0.15, -0.1) is 0 Å². The van der Waals surface area contributed by atoms with Crippen LogP contribution in [-0.2, 0) is 20.6 Å². The second kappa shape index (κ2) is 7.00. The van der Waals surface area contributed by atoms with Crippen LogP contribution < -0.4 is 4.72 Å². The van der Waals surface area contributed by atoms with Crippen molar-refractivity contribution in [1.82, 2.24) is 4.72 Å². The van der Waals surface area contributed by atoms with Crippen molar-refractivity contribution in [3.05, 3.63) is 35.1 Å². The van der Waals surface area contributed by atoms with Crippen molar-refractivity contribution in [2.75, 3.05) is 0 Å². The van der Waals surface area contributed by atoms with Crippen molar-refractivity contribution in [1.29, 1.82) is 0 Å². The summed E-state index contributed by atoms with van der Waals surface area (Å²) < 4.78 is 39.7. The van der Waals surface area contributed by atoms with Crippen LogP contribution >= 0.6 is 0 Å². The van der Waals surface area contributed by atoms with E-state index < -0.39 is 33.6 Å². The van der Waals surface area contributed by atoms with Crippen LogP contribution in [0.4, 0.5) is 4.39 Å². The molecule has 0 radical (unpaired) electrons. The minimum Gasteiger partial charge on any atom is -0.480 e. The van der Waals surface area contributed by atoms with Crippen LogP contribution in [0.2, 0.25) is 0 Å². The summed E-state index contributed by atoms with van der Waals surface area (Å²) in [5, 5.41) is 9.10. The van der Waals surface area contributed by atoms with E-state index in [9.17, 15) is 17.6 Å². The molecule has 2 atom stereocenters. The number of halogens is 1. The van der Waals surface area contributed by atoms with Gasteiger partial charge in [0.25, 0.3) is 0 Å². The predicted octanol–water partition coefficient (Wildman–Crippen LogP) is 2.05. The van der Waals surface area contributed by atoms with Crippen molar-refractivity contribution >= 4 is 16.0 Å². The molecular formula is C14H20FNO4S. The molecule has 21 heavy (non-hydrogen) atoms. The van der Waals surface area contributed by atoms with Gasteiger partial charge >= 0.3 is 5.97 Å². The van der Waals surface area contributed by atoms with Gasteiger partial charge in [-0.25, -0.2) is 17.5 Å². The van der Waals surface area contributed by atoms with Gasteiger partial charge in [-0.2, -0.15) is 0 Å². The van der Waals surface area contributed by atoms with E-state index in [0.29, 0.717) is 12.0 Å². The van der Waals surface area contributed by atoms with Crippen molar-refractivity contribution < 1.29 is 22.7 Å². The molecule has 0 fully saturated rings. The number of sulfonamides is 1. The first-order chi connectivity index (χ1) is 9.66. The maximum atomic E-state index is 13.4. The summed E-state index contributed by atoms with van der Waals surface area (Å²) in [5.74, 6) is -2.50. The Morgan fingerprint density at radius 3 is 2.52 bits per heavy atom. The highest BCUT2D eigenvalue weighted by Crippen LogP contribution is 2.14. The van der Waals surface area contributed by atoms with Crippen LogP contribution in [0.1, 0.15) is 31.4 Å². The summed E-state index contributed by atoms with van der Waals surface area (Å²) in [6.45, 7) is 5.02. The first kappa shape index (κ1) is 17.6. The van der Waals surface area contributed by atoms with Gasteiger partial charge in [0.1, 0.15) is 11.9 Å². The van der Waals surface area contributed by atoms with Crippen LogP contribution in [0.5, 0.6) is 0 Å². The second-order valence-corrected chi connectivity index (χ2v) is 6.92. The number of benzene rings is 1. The highest BCUT2D eigenvalue weighted by molar-refractivity contribution is 7.88. The topological polar surface area (TPSA) is 83.5 Å². The molecule has 0 aliphatic heterocycles. The zero-order valence-corrected chi connectivity index (χ0v) is 13.1. The van der Waals surface area contributed by atoms with E-state index in [-0.39, 0.29) is 11.5 Å². The Hall–Kier alpha value is -1.47. The molecule has 0 unspecified atom stereocenters. The average Bonchev–Trinajstić information content (AvgIpc) is 2.39. The molecule has 0 amide bonds. The van der Waals surface area contributed by atoms with Crippen LogP contribution in [0.25, 0.3) is 0 Å². The number of rotatable bonds is 7. The number of aliphatic carboxylic acids is 1. The Morgan fingerprint density at radius 2 is 2.05 bits per heavy atom. The maximum Gasteiger partial charge on any atom is 0.322 e. The third-order valence-corrected chi connectivity index (χ3v) is 4.70. The zero-order valence-electron chi connectivity index (χ0n) is 12.3. The minimum atomic E-state index is -3.86. The molecule has 0 aliphatic rings. The molecule has 5 nitrogen and oxygen atoms in total. The van der Waals surface area contributed by atoms with E-state index in [1.54, 1.807) is 20.8 Å². The van der Waals surface area contributed by atoms with Gasteiger partial charge in [0.2, 0.25) is 10.0 Å². The lowest BCUT2D eigenvalue weighted by Crippen LogP contribution is -2.45. The molecule has 0 bridgehead atoms. The standard InChI is InChI=1S/C14H20FNO4S/c1-4-9(2)13(14(17)18)16-21(19,20)8-11-6-5-10(3)12(15)7-11/h5-7,9,13,16H,4,8H2,1-3H3,(H,17,18)/t9-,13-/m0/s1. The van der Waals surface area contributed by atoms with Gasteiger partial charge in [0.05, 0.1) is 5.75 Å². The average molecular weight is 317 g/mol. The second-order valence-electron chi connectivity index (χ2n) is 5.16. The molecule has 118 valence electrons. The lowest BCUT2D eigenvalue weighted by molar-refractivity contribution is -0.140. The number of aryl methyl sites for hydroxylation is 1. The van der Waals surface area contributed by atoms with Crippen molar-refractivity contribution in [2.24, 2.45) is 5.92 Å². The van der Waals surface area contributed by atoms with Crippen molar-refractivity contribution in [2.45, 2.75) is 39.0 Å². The first-order valence-electron chi connectivity index (χ1n) is 6.64. The SMILES string of the molecule is CC[C@H](C)[C@H](NS(=O)(=O)Cc1ccc(C)c(F)c1)C(=O)O. The van der Waals surface area contributed by atoms with Crippen LogP contribution in [0.3, 0.4) is 0 Å². The van der Waals surface area contributed by atoms with E-state index >= 15 is 0 Å². The highest BCUT2D eigenvalue weighted by atomic mass is 32.2. The minimum absolute atomic E-state index is 0.277. The molecule has 1 aromatic rings. The fourth-order valence-corrected chi connectivity index (χ4v) is 3.25. The molecule has 7 heteroatoms. The summed E-state index contributed by atoms with van der Waals surface area (Å²) in [4.78, 5) is 11.1. The van der Waals surface area contributed by atoms with E-state index in [1.807, 2.05) is 0 Å². The molecule has 2 N–H and O–H groups in total. The number of carboxylic acids is 1. The Bertz CT molecular complexity index is 615. The predicted molar refractivity (Wildman–Crippen MR) is 77.8 cm³/mol. The molecule has 1 rings (SSSR count). The number of nitrogens with one attached hydrogen (secondary N) is 1. The quantitative estimate of drug-likeness (QED) is 0.806. The molecule has 0 heterocycles. The third kappa shape index (κ3) is 5.09. The summed E-state index contributed by atoms with van der Waals surface area (Å²) in [6.07, 6.45) is 0.526. The van der Waals surface area contributed by atoms with Gasteiger partial charge in [-0.05, 0) is 30.0 Å². The fraction of sp³-hybridized carbons (Fsp3) is 0.500. The van der Waals surface area contributed by atoms with E-state index in [2.05, 4.69) is 4.72 Å². The Labute approximate surface area is 124 Å². The molecule has 1 aromatic carbocycles. The summed E-state index contributed by atoms with van der Waals surface area (Å²) in [6, 6.07) is 2.96. The molecule has 0 aromatic heterocycles. The van der Waals surface area contributed by atoms with Crippen LogP contribution in [-0.4, -0.2) is 25.5 Å². The number of carbonyl (C=O) groups is 1. The summed E-state index contributed by atoms with van der Waals surface area (Å²) in [7, 11) is -3.86.